The molecule has 2 aromatic carbocycles. The summed E-state index contributed by atoms with van der Waals surface area (Å²) in [6.07, 6.45) is 3.73. The van der Waals surface area contributed by atoms with Crippen LogP contribution in [-0.4, -0.2) is 44.8 Å². The largest absolute Gasteiger partial charge is 0.372 e. The van der Waals surface area contributed by atoms with Gasteiger partial charge in [-0.3, -0.25) is 4.79 Å². The van der Waals surface area contributed by atoms with Crippen LogP contribution in [0.2, 0.25) is 5.02 Å². The maximum Gasteiger partial charge on any atom is 0.251 e. The Bertz CT molecular complexity index is 1010. The second-order valence-corrected chi connectivity index (χ2v) is 10.3. The van der Waals surface area contributed by atoms with Crippen LogP contribution >= 0.6 is 11.6 Å². The molecule has 0 bridgehead atoms. The summed E-state index contributed by atoms with van der Waals surface area (Å²) in [6, 6.07) is 12.5. The van der Waals surface area contributed by atoms with Crippen molar-refractivity contribution < 1.29 is 13.2 Å². The Labute approximate surface area is 196 Å². The molecule has 0 aliphatic carbocycles. The normalized spacial score (nSPS) is 15.2. The number of anilines is 1. The summed E-state index contributed by atoms with van der Waals surface area (Å²) in [5.74, 6) is -0.332. The summed E-state index contributed by atoms with van der Waals surface area (Å²) < 4.78 is 27.8. The van der Waals surface area contributed by atoms with Gasteiger partial charge in [-0.15, -0.1) is 0 Å². The molecule has 0 saturated carbocycles. The minimum absolute atomic E-state index is 0.00251. The van der Waals surface area contributed by atoms with Crippen LogP contribution in [-0.2, 0) is 16.6 Å². The van der Waals surface area contributed by atoms with E-state index in [0.717, 1.165) is 50.0 Å². The number of benzene rings is 2. The number of rotatable bonds is 8. The summed E-state index contributed by atoms with van der Waals surface area (Å²) in [7, 11) is -3.74. The maximum absolute atomic E-state index is 13.2. The SMILES string of the molecule is CCN(CC)c1ccc(CNC(=O)c2ccc(Cl)c(S(=O)(=O)N3CCCCCC3)c2)cc1. The molecular weight excluding hydrogens is 446 g/mol. The number of sulfonamides is 1. The van der Waals surface area contributed by atoms with Crippen LogP contribution in [0.4, 0.5) is 5.69 Å². The third-order valence-corrected chi connectivity index (χ3v) is 8.27. The van der Waals surface area contributed by atoms with Crippen LogP contribution in [0.15, 0.2) is 47.4 Å². The fraction of sp³-hybridized carbons (Fsp3) is 0.458. The van der Waals surface area contributed by atoms with Gasteiger partial charge in [0.05, 0.1) is 5.02 Å². The van der Waals surface area contributed by atoms with E-state index in [1.165, 1.54) is 16.4 Å². The average Bonchev–Trinajstić information content (AvgIpc) is 3.09. The number of nitrogens with zero attached hydrogens (tertiary/aromatic N) is 2. The van der Waals surface area contributed by atoms with Gasteiger partial charge in [0.2, 0.25) is 10.0 Å². The van der Waals surface area contributed by atoms with Gasteiger partial charge < -0.3 is 10.2 Å². The Kier molecular flexibility index (Phi) is 8.57. The van der Waals surface area contributed by atoms with Crippen LogP contribution < -0.4 is 10.2 Å². The molecule has 1 aliphatic rings. The lowest BCUT2D eigenvalue weighted by molar-refractivity contribution is 0.0950. The van der Waals surface area contributed by atoms with Gasteiger partial charge in [0, 0.05) is 44.0 Å². The van der Waals surface area contributed by atoms with E-state index in [1.807, 2.05) is 24.3 Å². The number of halogens is 1. The van der Waals surface area contributed by atoms with Crippen LogP contribution in [0, 0.1) is 0 Å². The Balaban J connectivity index is 1.71. The molecule has 1 saturated heterocycles. The molecule has 0 spiro atoms. The maximum atomic E-state index is 13.2. The molecule has 3 rings (SSSR count). The number of carbonyl (C=O) groups is 1. The monoisotopic (exact) mass is 477 g/mol. The van der Waals surface area contributed by atoms with Crippen LogP contribution in [0.25, 0.3) is 0 Å². The molecule has 174 valence electrons. The summed E-state index contributed by atoms with van der Waals surface area (Å²) in [5, 5.41) is 3.01. The molecule has 6 nitrogen and oxygen atoms in total. The molecule has 1 aliphatic heterocycles. The van der Waals surface area contributed by atoms with Gasteiger partial charge in [-0.2, -0.15) is 4.31 Å². The number of hydrogen-bond acceptors (Lipinski definition) is 4. The van der Waals surface area contributed by atoms with Gasteiger partial charge in [-0.1, -0.05) is 36.6 Å². The highest BCUT2D eigenvalue weighted by Crippen LogP contribution is 2.27. The van der Waals surface area contributed by atoms with E-state index in [-0.39, 0.29) is 21.4 Å². The third kappa shape index (κ3) is 5.82. The topological polar surface area (TPSA) is 69.7 Å². The Morgan fingerprint density at radius 1 is 1.00 bits per heavy atom. The predicted molar refractivity (Wildman–Crippen MR) is 130 cm³/mol. The van der Waals surface area contributed by atoms with Gasteiger partial charge in [-0.05, 0) is 62.6 Å². The fourth-order valence-electron chi connectivity index (χ4n) is 3.96. The molecule has 1 N–H and O–H groups in total. The summed E-state index contributed by atoms with van der Waals surface area (Å²) in [4.78, 5) is 15.0. The van der Waals surface area contributed by atoms with E-state index < -0.39 is 10.0 Å². The summed E-state index contributed by atoms with van der Waals surface area (Å²) in [5.41, 5.74) is 2.40. The van der Waals surface area contributed by atoms with E-state index in [4.69, 9.17) is 11.6 Å². The van der Waals surface area contributed by atoms with Crippen molar-refractivity contribution in [2.45, 2.75) is 51.0 Å². The van der Waals surface area contributed by atoms with Crippen molar-refractivity contribution in [2.75, 3.05) is 31.1 Å². The molecule has 1 fully saturated rings. The first-order valence-corrected chi connectivity index (χ1v) is 13.1. The number of amides is 1. The van der Waals surface area contributed by atoms with E-state index in [1.54, 1.807) is 6.07 Å². The zero-order chi connectivity index (χ0) is 23.1. The zero-order valence-electron chi connectivity index (χ0n) is 18.8. The first-order valence-electron chi connectivity index (χ1n) is 11.3. The second-order valence-electron chi connectivity index (χ2n) is 7.98. The minimum atomic E-state index is -3.74. The molecule has 8 heteroatoms. The van der Waals surface area contributed by atoms with Crippen molar-refractivity contribution in [1.82, 2.24) is 9.62 Å². The summed E-state index contributed by atoms with van der Waals surface area (Å²) in [6.45, 7) is 7.43. The van der Waals surface area contributed by atoms with Gasteiger partial charge in [0.25, 0.3) is 5.91 Å². The molecule has 32 heavy (non-hydrogen) atoms. The average molecular weight is 478 g/mol. The van der Waals surface area contributed by atoms with Crippen molar-refractivity contribution in [3.8, 4) is 0 Å². The van der Waals surface area contributed by atoms with Crippen molar-refractivity contribution >= 4 is 33.2 Å². The van der Waals surface area contributed by atoms with Gasteiger partial charge in [-0.25, -0.2) is 8.42 Å². The number of nitrogens with one attached hydrogen (secondary N) is 1. The molecule has 2 aromatic rings. The summed E-state index contributed by atoms with van der Waals surface area (Å²) >= 11 is 6.24. The fourth-order valence-corrected chi connectivity index (χ4v) is 5.98. The van der Waals surface area contributed by atoms with Gasteiger partial charge >= 0.3 is 0 Å². The van der Waals surface area contributed by atoms with E-state index >= 15 is 0 Å². The zero-order valence-corrected chi connectivity index (χ0v) is 20.4. The lowest BCUT2D eigenvalue weighted by Gasteiger charge is -2.21. The third-order valence-electron chi connectivity index (χ3n) is 5.89. The highest BCUT2D eigenvalue weighted by molar-refractivity contribution is 7.89. The minimum Gasteiger partial charge on any atom is -0.372 e. The van der Waals surface area contributed by atoms with Gasteiger partial charge in [0.1, 0.15) is 4.90 Å². The second kappa shape index (κ2) is 11.2. The van der Waals surface area contributed by atoms with E-state index in [9.17, 15) is 13.2 Å². The lowest BCUT2D eigenvalue weighted by atomic mass is 10.1. The number of hydrogen-bond donors (Lipinski definition) is 1. The molecular formula is C24H32ClN3O3S. The molecule has 0 atom stereocenters. The Morgan fingerprint density at radius 2 is 1.62 bits per heavy atom. The van der Waals surface area contributed by atoms with Crippen molar-refractivity contribution in [2.24, 2.45) is 0 Å². The predicted octanol–water partition coefficient (Wildman–Crippen LogP) is 4.68. The highest BCUT2D eigenvalue weighted by Gasteiger charge is 2.28. The van der Waals surface area contributed by atoms with Crippen molar-refractivity contribution in [3.63, 3.8) is 0 Å². The first-order chi connectivity index (χ1) is 15.4. The van der Waals surface area contributed by atoms with E-state index in [0.29, 0.717) is 19.6 Å². The molecule has 0 radical (unpaired) electrons. The molecule has 1 amide bonds. The number of carbonyl (C=O) groups excluding carboxylic acids is 1. The van der Waals surface area contributed by atoms with Crippen LogP contribution in [0.5, 0.6) is 0 Å². The lowest BCUT2D eigenvalue weighted by Crippen LogP contribution is -2.32. The van der Waals surface area contributed by atoms with Gasteiger partial charge in [0.15, 0.2) is 0 Å². The van der Waals surface area contributed by atoms with Crippen molar-refractivity contribution in [1.29, 1.82) is 0 Å². The van der Waals surface area contributed by atoms with Crippen LogP contribution in [0.1, 0.15) is 55.5 Å². The van der Waals surface area contributed by atoms with Crippen LogP contribution in [0.3, 0.4) is 0 Å². The standard InChI is InChI=1S/C24H32ClN3O3S/c1-3-27(4-2)21-12-9-19(10-13-21)18-26-24(29)20-11-14-22(25)23(17-20)32(30,31)28-15-7-5-6-8-16-28/h9-14,17H,3-8,15-16,18H2,1-2H3,(H,26,29). The first kappa shape index (κ1) is 24.6. The Hall–Kier alpha value is -2.09. The molecule has 0 unspecified atom stereocenters. The smallest absolute Gasteiger partial charge is 0.251 e. The highest BCUT2D eigenvalue weighted by atomic mass is 35.5. The Morgan fingerprint density at radius 3 is 2.22 bits per heavy atom. The molecule has 0 aromatic heterocycles. The molecule has 1 heterocycles. The van der Waals surface area contributed by atoms with Crippen molar-refractivity contribution in [3.05, 3.63) is 58.6 Å². The quantitative estimate of drug-likeness (QED) is 0.599. The van der Waals surface area contributed by atoms with E-state index in [2.05, 4.69) is 24.1 Å².